The van der Waals surface area contributed by atoms with Crippen LogP contribution in [0.15, 0.2) is 22.7 Å². The van der Waals surface area contributed by atoms with E-state index in [1.165, 1.54) is 0 Å². The Morgan fingerprint density at radius 1 is 1.53 bits per heavy atom. The van der Waals surface area contributed by atoms with E-state index in [0.29, 0.717) is 4.83 Å². The average molecular weight is 475 g/mol. The minimum absolute atomic E-state index is 0.0730. The number of benzene rings is 1. The van der Waals surface area contributed by atoms with Gasteiger partial charge in [-0.3, -0.25) is 4.79 Å². The van der Waals surface area contributed by atoms with E-state index in [1.54, 1.807) is 4.90 Å². The number of nitrogens with zero attached hydrogens (tertiary/aromatic N) is 1. The molecule has 0 aliphatic rings. The minimum atomic E-state index is 0.0730. The summed E-state index contributed by atoms with van der Waals surface area (Å²) in [4.78, 5) is 14.4. The molecule has 0 saturated carbocycles. The number of amides is 1. The van der Waals surface area contributed by atoms with Gasteiger partial charge < -0.3 is 4.90 Å². The SMILES string of the molecule is CC(Br)CCN(C)C(=O)c1cc(Br)ccc1I. The topological polar surface area (TPSA) is 20.3 Å². The van der Waals surface area contributed by atoms with Gasteiger partial charge in [0.1, 0.15) is 0 Å². The summed E-state index contributed by atoms with van der Waals surface area (Å²) in [6.07, 6.45) is 0.951. The lowest BCUT2D eigenvalue weighted by Gasteiger charge is -2.18. The number of alkyl halides is 1. The van der Waals surface area contributed by atoms with Crippen molar-refractivity contribution in [2.75, 3.05) is 13.6 Å². The number of halogens is 3. The third kappa shape index (κ3) is 4.87. The summed E-state index contributed by atoms with van der Waals surface area (Å²) < 4.78 is 1.91. The van der Waals surface area contributed by atoms with Crippen LogP contribution in [-0.2, 0) is 0 Å². The third-order valence-electron chi connectivity index (χ3n) is 2.37. The second-order valence-electron chi connectivity index (χ2n) is 3.92. The highest BCUT2D eigenvalue weighted by Gasteiger charge is 2.15. The summed E-state index contributed by atoms with van der Waals surface area (Å²) in [5, 5.41) is 0. The van der Waals surface area contributed by atoms with Gasteiger partial charge in [0, 0.05) is 26.5 Å². The van der Waals surface area contributed by atoms with Gasteiger partial charge in [0.2, 0.25) is 0 Å². The first-order valence-electron chi connectivity index (χ1n) is 5.26. The fourth-order valence-electron chi connectivity index (χ4n) is 1.34. The largest absolute Gasteiger partial charge is 0.342 e. The predicted molar refractivity (Wildman–Crippen MR) is 86.8 cm³/mol. The van der Waals surface area contributed by atoms with Gasteiger partial charge in [-0.2, -0.15) is 0 Å². The van der Waals surface area contributed by atoms with E-state index in [0.717, 1.165) is 26.6 Å². The third-order valence-corrected chi connectivity index (χ3v) is 4.26. The summed E-state index contributed by atoms with van der Waals surface area (Å²) in [5.41, 5.74) is 0.754. The molecule has 0 aromatic heterocycles. The second-order valence-corrected chi connectivity index (χ2v) is 7.56. The molecule has 0 heterocycles. The number of carbonyl (C=O) groups excluding carboxylic acids is 1. The number of carbonyl (C=O) groups is 1. The van der Waals surface area contributed by atoms with Crippen molar-refractivity contribution in [3.8, 4) is 0 Å². The van der Waals surface area contributed by atoms with Crippen LogP contribution in [0.2, 0.25) is 0 Å². The molecule has 5 heteroatoms. The molecule has 1 aromatic rings. The lowest BCUT2D eigenvalue weighted by atomic mass is 10.2. The first-order valence-corrected chi connectivity index (χ1v) is 8.05. The van der Waals surface area contributed by atoms with Crippen LogP contribution in [0.25, 0.3) is 0 Å². The van der Waals surface area contributed by atoms with Crippen molar-refractivity contribution in [2.24, 2.45) is 0 Å². The standard InChI is InChI=1S/C12H14Br2INO/c1-8(13)5-6-16(2)12(17)10-7-9(14)3-4-11(10)15/h3-4,7-8H,5-6H2,1-2H3. The molecular weight excluding hydrogens is 461 g/mol. The molecule has 0 spiro atoms. The molecule has 0 aliphatic heterocycles. The molecule has 94 valence electrons. The van der Waals surface area contributed by atoms with E-state index >= 15 is 0 Å². The highest BCUT2D eigenvalue weighted by Crippen LogP contribution is 2.20. The molecule has 0 N–H and O–H groups in total. The Morgan fingerprint density at radius 3 is 2.76 bits per heavy atom. The van der Waals surface area contributed by atoms with Gasteiger partial charge in [-0.05, 0) is 47.2 Å². The smallest absolute Gasteiger partial charge is 0.254 e. The van der Waals surface area contributed by atoms with E-state index in [1.807, 2.05) is 25.2 Å². The molecule has 0 aliphatic carbocycles. The zero-order chi connectivity index (χ0) is 13.0. The number of rotatable bonds is 4. The lowest BCUT2D eigenvalue weighted by molar-refractivity contribution is 0.0793. The first-order chi connectivity index (χ1) is 7.91. The predicted octanol–water partition coefficient (Wildman–Crippen LogP) is 4.30. The Balaban J connectivity index is 2.78. The van der Waals surface area contributed by atoms with Crippen LogP contribution in [0.5, 0.6) is 0 Å². The Kier molecular flexibility index (Phi) is 6.44. The van der Waals surface area contributed by atoms with Crippen molar-refractivity contribution < 1.29 is 4.79 Å². The normalized spacial score (nSPS) is 12.3. The van der Waals surface area contributed by atoms with Crippen LogP contribution in [-0.4, -0.2) is 29.2 Å². The van der Waals surface area contributed by atoms with E-state index in [-0.39, 0.29) is 5.91 Å². The number of hydrogen-bond acceptors (Lipinski definition) is 1. The van der Waals surface area contributed by atoms with Gasteiger partial charge in [-0.1, -0.05) is 38.8 Å². The average Bonchev–Trinajstić information content (AvgIpc) is 2.28. The molecular formula is C12H14Br2INO. The zero-order valence-corrected chi connectivity index (χ0v) is 15.0. The maximum absolute atomic E-state index is 12.2. The molecule has 0 radical (unpaired) electrons. The molecule has 1 amide bonds. The molecule has 1 rings (SSSR count). The van der Waals surface area contributed by atoms with Crippen LogP contribution in [0.4, 0.5) is 0 Å². The molecule has 1 unspecified atom stereocenters. The summed E-state index contributed by atoms with van der Waals surface area (Å²) in [6, 6.07) is 5.76. The Morgan fingerprint density at radius 2 is 2.18 bits per heavy atom. The monoisotopic (exact) mass is 473 g/mol. The van der Waals surface area contributed by atoms with Gasteiger partial charge in [0.15, 0.2) is 0 Å². The number of hydrogen-bond donors (Lipinski definition) is 0. The minimum Gasteiger partial charge on any atom is -0.342 e. The van der Waals surface area contributed by atoms with Gasteiger partial charge in [-0.15, -0.1) is 0 Å². The van der Waals surface area contributed by atoms with Crippen molar-refractivity contribution in [3.05, 3.63) is 31.8 Å². The Bertz CT molecular complexity index is 409. The van der Waals surface area contributed by atoms with Gasteiger partial charge >= 0.3 is 0 Å². The zero-order valence-electron chi connectivity index (χ0n) is 9.71. The van der Waals surface area contributed by atoms with Gasteiger partial charge in [0.25, 0.3) is 5.91 Å². The summed E-state index contributed by atoms with van der Waals surface area (Å²) in [5.74, 6) is 0.0730. The highest BCUT2D eigenvalue weighted by molar-refractivity contribution is 14.1. The molecule has 1 aromatic carbocycles. The van der Waals surface area contributed by atoms with E-state index in [2.05, 4.69) is 61.4 Å². The van der Waals surface area contributed by atoms with Crippen LogP contribution in [0.1, 0.15) is 23.7 Å². The fourth-order valence-corrected chi connectivity index (χ4v) is 2.47. The van der Waals surface area contributed by atoms with Crippen LogP contribution < -0.4 is 0 Å². The van der Waals surface area contributed by atoms with Crippen LogP contribution >= 0.6 is 54.5 Å². The van der Waals surface area contributed by atoms with Crippen molar-refractivity contribution in [3.63, 3.8) is 0 Å². The molecule has 0 saturated heterocycles. The van der Waals surface area contributed by atoms with Crippen molar-refractivity contribution in [2.45, 2.75) is 18.2 Å². The lowest BCUT2D eigenvalue weighted by Crippen LogP contribution is -2.29. The van der Waals surface area contributed by atoms with Crippen molar-refractivity contribution >= 4 is 60.4 Å². The quantitative estimate of drug-likeness (QED) is 0.470. The maximum atomic E-state index is 12.2. The van der Waals surface area contributed by atoms with Gasteiger partial charge in [-0.25, -0.2) is 0 Å². The van der Waals surface area contributed by atoms with Gasteiger partial charge in [0.05, 0.1) is 5.56 Å². The van der Waals surface area contributed by atoms with E-state index < -0.39 is 0 Å². The maximum Gasteiger partial charge on any atom is 0.254 e. The summed E-state index contributed by atoms with van der Waals surface area (Å²) >= 11 is 9.07. The van der Waals surface area contributed by atoms with Crippen LogP contribution in [0.3, 0.4) is 0 Å². The van der Waals surface area contributed by atoms with Crippen molar-refractivity contribution in [1.29, 1.82) is 0 Å². The van der Waals surface area contributed by atoms with Crippen molar-refractivity contribution in [1.82, 2.24) is 4.90 Å². The Hall–Kier alpha value is 0.380. The highest BCUT2D eigenvalue weighted by atomic mass is 127. The van der Waals surface area contributed by atoms with Crippen LogP contribution in [0, 0.1) is 3.57 Å². The molecule has 0 fully saturated rings. The second kappa shape index (κ2) is 7.09. The Labute approximate surface area is 133 Å². The van der Waals surface area contributed by atoms with E-state index in [4.69, 9.17) is 0 Å². The molecule has 1 atom stereocenters. The fraction of sp³-hybridized carbons (Fsp3) is 0.417. The first kappa shape index (κ1) is 15.4. The summed E-state index contributed by atoms with van der Waals surface area (Å²) in [6.45, 7) is 2.84. The molecule has 0 bridgehead atoms. The van der Waals surface area contributed by atoms with E-state index in [9.17, 15) is 4.79 Å². The molecule has 2 nitrogen and oxygen atoms in total. The molecule has 17 heavy (non-hydrogen) atoms. The summed E-state index contributed by atoms with van der Waals surface area (Å²) in [7, 11) is 1.84.